The van der Waals surface area contributed by atoms with Gasteiger partial charge in [0.2, 0.25) is 23.6 Å². The van der Waals surface area contributed by atoms with Crippen LogP contribution in [-0.2, 0) is 114 Å². The largest absolute Gasteiger partial charge is 0.493 e. The summed E-state index contributed by atoms with van der Waals surface area (Å²) >= 11 is 9.95. The highest BCUT2D eigenvalue weighted by molar-refractivity contribution is 8.29. The molecule has 8 amide bonds. The lowest BCUT2D eigenvalue weighted by atomic mass is 9.99. The van der Waals surface area contributed by atoms with Crippen LogP contribution < -0.4 is 69.3 Å². The molecule has 29 heteroatoms. The number of aliphatic imine (C=N–C) groups is 2. The third-order valence-electron chi connectivity index (χ3n) is 28.1. The Morgan fingerprint density at radius 2 is 0.778 bits per heavy atom. The van der Waals surface area contributed by atoms with Crippen molar-refractivity contribution in [3.05, 3.63) is 271 Å². The highest BCUT2D eigenvalue weighted by atomic mass is 32.8. The predicted molar refractivity (Wildman–Crippen MR) is 574 cm³/mol. The highest BCUT2D eigenvalue weighted by Crippen LogP contribution is 2.47. The normalized spacial score (nSPS) is 17.3. The standard InChI is InChI=1S/C57H61N5O8S2.C56H59N5O8S.2CH4/c1-33-20-45-46(58-30-43-26-40-13-9-11-15-48(40)62(43)56(45)67)29-50(33)69-31-36-22-37(24-41(23-36)60-54(65)34(2)21-49(63)35(3)59-53(64)18-19-57(4,5)72(7)71)32-70-52-27-38-16-17-42-25-39-12-8-10-14-47(39)61(42)55(66)44(38)28-51(52)68-6;1-32-19-44-45(57-29-42-25-39-12-8-10-14-47(39)61(42)55(44)66)28-49(32)68-30-35-21-36(23-40(22-35)59-53(64)33(2)20-48(62)34(3)58-52(63)17-18-56(4,5)70)31-69-51-26-37-15-16-41-24-38-11-7-9-13-46(38)60(41)54(65)43(37)27-50(51)67-6;;/h8-15,20,22-24,27-30,34-35,42-43H,16-19,21,25-26,31-32H2,1-7H3,(H,59,64)(H,60,65);7-14,19,21-23,26-29,33-34,41-42,70H,15-18,20,24-25,30-31H2,1-6H3,(H,58,63)(H,59,64);2*1H4/t34-,35+,42-,43+,72?;33-,34+,41-,42+;;/m11../s1. The molecule has 0 bridgehead atoms. The summed E-state index contributed by atoms with van der Waals surface area (Å²) in [7, 11) is 2.81. The molecule has 0 aliphatic carbocycles. The number of anilines is 6. The molecular weight excluding hydrogens is 1870 g/mol. The summed E-state index contributed by atoms with van der Waals surface area (Å²) < 4.78 is 37.1. The zero-order chi connectivity index (χ0) is 100. The molecule has 8 aliphatic rings. The molecule has 0 fully saturated rings. The van der Waals surface area contributed by atoms with Crippen LogP contribution in [0.4, 0.5) is 45.5 Å². The number of benzene rings is 10. The number of ether oxygens (including phenoxy) is 6. The van der Waals surface area contributed by atoms with E-state index in [-0.39, 0.29) is 169 Å². The molecule has 144 heavy (non-hydrogen) atoms. The van der Waals surface area contributed by atoms with Crippen molar-refractivity contribution in [1.82, 2.24) is 10.6 Å². The maximum absolute atomic E-state index is 14.1. The average Bonchev–Trinajstić information content (AvgIpc) is 1.62. The minimum absolute atomic E-state index is 0. The number of aryl methyl sites for hydroxylation is 4. The maximum Gasteiger partial charge on any atom is 0.261 e. The van der Waals surface area contributed by atoms with Crippen molar-refractivity contribution in [1.29, 1.82) is 0 Å². The van der Waals surface area contributed by atoms with Gasteiger partial charge in [0.05, 0.1) is 60.9 Å². The number of nitrogens with zero attached hydrogens (tertiary/aromatic N) is 6. The van der Waals surface area contributed by atoms with Crippen LogP contribution >= 0.6 is 12.6 Å². The first-order valence-corrected chi connectivity index (χ1v) is 51.6. The van der Waals surface area contributed by atoms with Crippen LogP contribution in [0.5, 0.6) is 34.5 Å². The predicted octanol–water partition coefficient (Wildman–Crippen LogP) is 20.0. The summed E-state index contributed by atoms with van der Waals surface area (Å²) in [6.07, 6.45) is 13.1. The van der Waals surface area contributed by atoms with Gasteiger partial charge in [-0.25, -0.2) is 0 Å². The summed E-state index contributed by atoms with van der Waals surface area (Å²) in [4.78, 5) is 153. The van der Waals surface area contributed by atoms with Crippen LogP contribution in [0.15, 0.2) is 192 Å². The number of hydrogen-bond acceptors (Lipinski definition) is 20. The average molecular weight is 2000 g/mol. The Labute approximate surface area is 855 Å². The lowest BCUT2D eigenvalue weighted by Gasteiger charge is -2.24. The molecule has 26 nitrogen and oxygen atoms in total. The number of nitrogens with one attached hydrogen (secondary N) is 4. The number of para-hydroxylation sites is 4. The Bertz CT molecular complexity index is 6800. The second-order valence-electron chi connectivity index (χ2n) is 39.7. The van der Waals surface area contributed by atoms with E-state index >= 15 is 0 Å². The molecule has 0 saturated carbocycles. The number of hydrogen-bond donors (Lipinski definition) is 5. The van der Waals surface area contributed by atoms with Gasteiger partial charge in [0.1, 0.15) is 37.9 Å². The van der Waals surface area contributed by atoms with Crippen LogP contribution in [0, 0.1) is 25.7 Å². The topological polar surface area (TPSA) is 312 Å². The first-order valence-electron chi connectivity index (χ1n) is 48.5. The Balaban J connectivity index is 0.000000214. The zero-order valence-electron chi connectivity index (χ0n) is 82.3. The summed E-state index contributed by atoms with van der Waals surface area (Å²) in [5, 5.41) is 11.6. The van der Waals surface area contributed by atoms with Gasteiger partial charge in [-0.05, 0) is 249 Å². The van der Waals surface area contributed by atoms with Crippen molar-refractivity contribution in [3.8, 4) is 34.5 Å². The monoisotopic (exact) mass is 2000 g/mol. The number of methoxy groups -OCH3 is 2. The van der Waals surface area contributed by atoms with E-state index < -0.39 is 23.9 Å². The molecule has 10 aromatic rings. The summed E-state index contributed by atoms with van der Waals surface area (Å²) in [5.41, 5.74) is 18.5. The van der Waals surface area contributed by atoms with Gasteiger partial charge in [0.25, 0.3) is 23.6 Å². The van der Waals surface area contributed by atoms with Crippen LogP contribution in [0.3, 0.4) is 0 Å². The molecule has 752 valence electrons. The van der Waals surface area contributed by atoms with Crippen molar-refractivity contribution in [2.75, 3.05) is 50.7 Å². The van der Waals surface area contributed by atoms with Gasteiger partial charge >= 0.3 is 0 Å². The molecule has 8 aliphatic heterocycles. The van der Waals surface area contributed by atoms with Crippen LogP contribution in [-0.4, -0.2) is 137 Å². The lowest BCUT2D eigenvalue weighted by Crippen LogP contribution is -2.40. The van der Waals surface area contributed by atoms with Gasteiger partial charge in [0, 0.05) is 142 Å². The molecule has 0 radical (unpaired) electrons. The van der Waals surface area contributed by atoms with Crippen molar-refractivity contribution >= 4 is 150 Å². The van der Waals surface area contributed by atoms with Gasteiger partial charge in [-0.3, -0.25) is 67.7 Å². The highest BCUT2D eigenvalue weighted by Gasteiger charge is 2.43. The summed E-state index contributed by atoms with van der Waals surface area (Å²) in [6, 6.07) is 55.9. The van der Waals surface area contributed by atoms with E-state index in [1.165, 1.54) is 11.1 Å². The number of thiol groups is 1. The molecule has 0 aromatic heterocycles. The van der Waals surface area contributed by atoms with E-state index in [9.17, 15) is 47.9 Å². The van der Waals surface area contributed by atoms with E-state index in [1.54, 1.807) is 66.2 Å². The van der Waals surface area contributed by atoms with Crippen LogP contribution in [0.2, 0.25) is 0 Å². The van der Waals surface area contributed by atoms with Crippen LogP contribution in [0.25, 0.3) is 0 Å². The molecule has 0 spiro atoms. The molecule has 9 atom stereocenters. The fourth-order valence-corrected chi connectivity index (χ4v) is 20.6. The second kappa shape index (κ2) is 44.3. The molecule has 8 heterocycles. The molecule has 18 rings (SSSR count). The molecule has 4 N–H and O–H groups in total. The summed E-state index contributed by atoms with van der Waals surface area (Å²) in [5.74, 6) is -0.612. The number of carbonyl (C=O) groups is 10. The SMILES string of the molecule is C.C.COc1cc2c(cc1OCc1cc(COc3cc4c(cc3C)C(=O)N3c5ccccc5C[C@H]3C=N4)cc(NC(=O)[C@H](C)CC(=O)[C@H](C)NC(=O)CCC(C)(C)S(C)=S)c1)CC[C@@H]1Cc3ccccc3N1C2=O.COc1cc2c(cc1OCc1cc(COc3cc4c(cc3C)C(=O)N3c5ccccc5C[C@H]3C=N4)cc(NC(=O)[C@H](C)CC(=O)[C@H](C)NC(=O)CCC(C)(C)S)c1)CC[C@@H]1Cc3ccccc3N1C2=O. The van der Waals surface area contributed by atoms with E-state index in [0.29, 0.717) is 140 Å². The third-order valence-corrected chi connectivity index (χ3v) is 31.5. The molecule has 1 unspecified atom stereocenters. The van der Waals surface area contributed by atoms with Gasteiger partial charge in [-0.2, -0.15) is 12.6 Å². The number of rotatable bonds is 33. The van der Waals surface area contributed by atoms with Crippen molar-refractivity contribution in [2.45, 2.75) is 246 Å². The van der Waals surface area contributed by atoms with Crippen LogP contribution in [0.1, 0.15) is 230 Å². The Morgan fingerprint density at radius 1 is 0.438 bits per heavy atom. The van der Waals surface area contributed by atoms with Crippen molar-refractivity contribution in [3.63, 3.8) is 0 Å². The number of Topliss-reactive ketones (excluding diaryl/α,β-unsaturated/α-hetero) is 2. The fourth-order valence-electron chi connectivity index (χ4n) is 19.9. The molecule has 0 saturated heterocycles. The van der Waals surface area contributed by atoms with Crippen molar-refractivity contribution < 1.29 is 76.4 Å². The molecular formula is C115H128N10O16S3. The van der Waals surface area contributed by atoms with E-state index in [2.05, 4.69) is 46.0 Å². The first kappa shape index (κ1) is 105. The van der Waals surface area contributed by atoms with Gasteiger partial charge in [0.15, 0.2) is 34.6 Å². The van der Waals surface area contributed by atoms with Gasteiger partial charge in [-0.15, -0.1) is 9.45 Å². The second-order valence-corrected chi connectivity index (χ2v) is 44.4. The maximum atomic E-state index is 14.1. The quantitative estimate of drug-likeness (QED) is 0.0239. The van der Waals surface area contributed by atoms with E-state index in [0.717, 1.165) is 81.8 Å². The summed E-state index contributed by atoms with van der Waals surface area (Å²) in [6.45, 7) is 18.7. The van der Waals surface area contributed by atoms with Gasteiger partial charge in [-0.1, -0.05) is 140 Å². The third kappa shape index (κ3) is 23.1. The molecule has 10 aromatic carbocycles. The minimum Gasteiger partial charge on any atom is -0.493 e. The van der Waals surface area contributed by atoms with E-state index in [1.807, 2.05) is 225 Å². The Morgan fingerprint density at radius 3 is 1.14 bits per heavy atom. The Hall–Kier alpha value is -13.6. The number of amides is 8. The van der Waals surface area contributed by atoms with Gasteiger partial charge < -0.3 is 59.5 Å². The number of ketones is 2. The Kier molecular flexibility index (Phi) is 32.2. The van der Waals surface area contributed by atoms with E-state index in [4.69, 9.17) is 49.6 Å². The first-order chi connectivity index (χ1) is 68.0. The number of carbonyl (C=O) groups excluding carboxylic acids is 10. The number of fused-ring (bicyclic) bond motifs is 16. The fraction of sp³-hybridized carbons (Fsp3) is 0.374. The lowest BCUT2D eigenvalue weighted by molar-refractivity contribution is -0.129. The minimum atomic E-state index is -0.769. The van der Waals surface area contributed by atoms with Crippen molar-refractivity contribution in [2.24, 2.45) is 21.8 Å². The smallest absolute Gasteiger partial charge is 0.261 e. The zero-order valence-corrected chi connectivity index (χ0v) is 84.8.